The van der Waals surface area contributed by atoms with Gasteiger partial charge in [0.2, 0.25) is 11.8 Å². The molecule has 7 nitrogen and oxygen atoms in total. The Bertz CT molecular complexity index is 852. The molecule has 2 amide bonds. The molecular weight excluding hydrogens is 390 g/mol. The summed E-state index contributed by atoms with van der Waals surface area (Å²) in [6.07, 6.45) is 6.38. The third kappa shape index (κ3) is 3.11. The second-order valence-electron chi connectivity index (χ2n) is 9.71. The first-order valence-electron chi connectivity index (χ1n) is 10.9. The summed E-state index contributed by atoms with van der Waals surface area (Å²) in [6.45, 7) is 4.02. The summed E-state index contributed by atoms with van der Waals surface area (Å²) in [6, 6.07) is 2.70. The molecule has 1 aromatic heterocycles. The molecule has 0 spiro atoms. The first-order valence-corrected chi connectivity index (χ1v) is 11.3. The molecule has 2 bridgehead atoms. The molecule has 8 atom stereocenters. The number of rotatable bonds is 3. The van der Waals surface area contributed by atoms with E-state index in [1.807, 2.05) is 4.90 Å². The van der Waals surface area contributed by atoms with Gasteiger partial charge in [-0.25, -0.2) is 4.79 Å². The summed E-state index contributed by atoms with van der Waals surface area (Å²) < 4.78 is 5.79. The summed E-state index contributed by atoms with van der Waals surface area (Å²) in [4.78, 5) is 15.3. The fraction of sp³-hybridized carbons (Fsp3) is 0.810. The number of likely N-dealkylation sites (tertiary alicyclic amines) is 1. The first-order chi connectivity index (χ1) is 13.9. The maximum absolute atomic E-state index is 13.3. The number of nitriles is 1. The minimum absolute atomic E-state index is 0.0200. The SMILES string of the molecule is Cc1nnc(C23CC(C)CC(C2)N3C(=O)NC2CCC(Cl)C(C3CC3C#N)C2)o1. The molecule has 0 radical (unpaired) electrons. The molecule has 156 valence electrons. The lowest BCUT2D eigenvalue weighted by atomic mass is 9.64. The Morgan fingerprint density at radius 1 is 1.28 bits per heavy atom. The van der Waals surface area contributed by atoms with Crippen molar-refractivity contribution in [2.45, 2.75) is 81.8 Å². The average molecular weight is 418 g/mol. The molecule has 8 unspecified atom stereocenters. The number of urea groups is 1. The van der Waals surface area contributed by atoms with E-state index >= 15 is 0 Å². The molecule has 3 aliphatic carbocycles. The standard InChI is InChI=1S/C21H28ClN5O2/c1-11-5-15-9-21(8-11,19-26-25-12(2)29-19)27(15)20(28)24-14-3-4-18(22)17(7-14)16-6-13(16)10-23/h11,13-18H,3-9H2,1-2H3,(H,24,28). The van der Waals surface area contributed by atoms with E-state index in [0.717, 1.165) is 44.9 Å². The van der Waals surface area contributed by atoms with Crippen molar-refractivity contribution in [1.82, 2.24) is 20.4 Å². The van der Waals surface area contributed by atoms with Crippen molar-refractivity contribution in [1.29, 1.82) is 5.26 Å². The number of alkyl halides is 1. The highest BCUT2D eigenvalue weighted by Gasteiger charge is 2.62. The van der Waals surface area contributed by atoms with Gasteiger partial charge in [-0.15, -0.1) is 21.8 Å². The highest BCUT2D eigenvalue weighted by Crippen LogP contribution is 2.55. The van der Waals surface area contributed by atoms with E-state index < -0.39 is 5.54 Å². The van der Waals surface area contributed by atoms with Crippen LogP contribution in [-0.2, 0) is 5.54 Å². The van der Waals surface area contributed by atoms with Crippen LogP contribution in [0.3, 0.4) is 0 Å². The van der Waals surface area contributed by atoms with Gasteiger partial charge in [-0.3, -0.25) is 0 Å². The topological polar surface area (TPSA) is 95.0 Å². The molecule has 0 aromatic carbocycles. The van der Waals surface area contributed by atoms with Crippen molar-refractivity contribution in [3.8, 4) is 6.07 Å². The summed E-state index contributed by atoms with van der Waals surface area (Å²) in [5.41, 5.74) is -0.459. The van der Waals surface area contributed by atoms with Gasteiger partial charge in [0.1, 0.15) is 5.54 Å². The van der Waals surface area contributed by atoms with E-state index in [4.69, 9.17) is 16.0 Å². The maximum Gasteiger partial charge on any atom is 0.318 e. The second kappa shape index (κ2) is 6.87. The van der Waals surface area contributed by atoms with Crippen LogP contribution in [0.5, 0.6) is 0 Å². The monoisotopic (exact) mass is 417 g/mol. The van der Waals surface area contributed by atoms with Crippen LogP contribution >= 0.6 is 11.6 Å². The van der Waals surface area contributed by atoms with Gasteiger partial charge < -0.3 is 14.6 Å². The van der Waals surface area contributed by atoms with Crippen LogP contribution in [0.25, 0.3) is 0 Å². The zero-order chi connectivity index (χ0) is 20.3. The lowest BCUT2D eigenvalue weighted by Gasteiger charge is -2.61. The van der Waals surface area contributed by atoms with Crippen molar-refractivity contribution in [3.05, 3.63) is 11.8 Å². The Balaban J connectivity index is 1.30. The van der Waals surface area contributed by atoms with Crippen molar-refractivity contribution in [2.75, 3.05) is 0 Å². The fourth-order valence-corrected chi connectivity index (χ4v) is 6.67. The molecule has 3 saturated carbocycles. The largest absolute Gasteiger partial charge is 0.423 e. The quantitative estimate of drug-likeness (QED) is 0.756. The molecule has 4 aliphatic rings. The molecule has 4 fully saturated rings. The summed E-state index contributed by atoms with van der Waals surface area (Å²) in [7, 11) is 0. The zero-order valence-corrected chi connectivity index (χ0v) is 17.7. The number of halogens is 1. The number of amides is 2. The van der Waals surface area contributed by atoms with E-state index in [9.17, 15) is 10.1 Å². The Hall–Kier alpha value is -1.81. The highest BCUT2D eigenvalue weighted by molar-refractivity contribution is 6.20. The van der Waals surface area contributed by atoms with Crippen LogP contribution in [0.15, 0.2) is 4.42 Å². The number of aryl methyl sites for hydroxylation is 1. The molecule has 1 saturated heterocycles. The number of fused-ring (bicyclic) bond motifs is 2. The van der Waals surface area contributed by atoms with E-state index in [0.29, 0.717) is 29.5 Å². The number of hydrogen-bond acceptors (Lipinski definition) is 5. The number of piperidine rings is 1. The maximum atomic E-state index is 13.3. The van der Waals surface area contributed by atoms with Crippen LogP contribution in [0.4, 0.5) is 4.79 Å². The summed E-state index contributed by atoms with van der Waals surface area (Å²) in [5.74, 6) is 2.51. The molecule has 5 rings (SSSR count). The van der Waals surface area contributed by atoms with Gasteiger partial charge in [-0.1, -0.05) is 6.92 Å². The number of carbonyl (C=O) groups excluding carboxylic acids is 1. The third-order valence-corrected chi connectivity index (χ3v) is 8.14. The smallest absolute Gasteiger partial charge is 0.318 e. The lowest BCUT2D eigenvalue weighted by molar-refractivity contribution is -0.114. The highest BCUT2D eigenvalue weighted by atomic mass is 35.5. The van der Waals surface area contributed by atoms with Crippen LogP contribution in [0, 0.1) is 41.9 Å². The van der Waals surface area contributed by atoms with E-state index in [1.54, 1.807) is 6.92 Å². The van der Waals surface area contributed by atoms with E-state index in [-0.39, 0.29) is 29.4 Å². The van der Waals surface area contributed by atoms with Gasteiger partial charge >= 0.3 is 6.03 Å². The third-order valence-electron chi connectivity index (χ3n) is 7.60. The van der Waals surface area contributed by atoms with Crippen LogP contribution in [0.2, 0.25) is 0 Å². The minimum atomic E-state index is -0.459. The molecule has 1 aliphatic heterocycles. The number of nitrogens with one attached hydrogen (secondary N) is 1. The molecular formula is C21H28ClN5O2. The van der Waals surface area contributed by atoms with Crippen LogP contribution < -0.4 is 5.32 Å². The number of carbonyl (C=O) groups is 1. The molecule has 8 heteroatoms. The number of nitrogens with zero attached hydrogens (tertiary/aromatic N) is 4. The fourth-order valence-electron chi connectivity index (χ4n) is 6.26. The molecule has 1 N–H and O–H groups in total. The first kappa shape index (κ1) is 19.2. The predicted octanol–water partition coefficient (Wildman–Crippen LogP) is 3.72. The van der Waals surface area contributed by atoms with Crippen molar-refractivity contribution < 1.29 is 9.21 Å². The van der Waals surface area contributed by atoms with E-state index in [1.165, 1.54) is 0 Å². The van der Waals surface area contributed by atoms with E-state index in [2.05, 4.69) is 28.5 Å². The van der Waals surface area contributed by atoms with Gasteiger partial charge in [0.25, 0.3) is 0 Å². The molecule has 29 heavy (non-hydrogen) atoms. The van der Waals surface area contributed by atoms with Crippen molar-refractivity contribution in [3.63, 3.8) is 0 Å². The normalized spacial score (nSPS) is 43.2. The van der Waals surface area contributed by atoms with Crippen molar-refractivity contribution >= 4 is 17.6 Å². The van der Waals surface area contributed by atoms with Gasteiger partial charge in [0.15, 0.2) is 0 Å². The molecule has 1 aromatic rings. The number of aromatic nitrogens is 2. The van der Waals surface area contributed by atoms with Crippen LogP contribution in [0.1, 0.15) is 63.7 Å². The predicted molar refractivity (Wildman–Crippen MR) is 106 cm³/mol. The summed E-state index contributed by atoms with van der Waals surface area (Å²) >= 11 is 6.58. The Morgan fingerprint density at radius 3 is 2.79 bits per heavy atom. The number of hydrogen-bond donors (Lipinski definition) is 1. The van der Waals surface area contributed by atoms with Gasteiger partial charge in [0.05, 0.1) is 6.07 Å². The van der Waals surface area contributed by atoms with Gasteiger partial charge in [-0.2, -0.15) is 5.26 Å². The minimum Gasteiger partial charge on any atom is -0.423 e. The van der Waals surface area contributed by atoms with Gasteiger partial charge in [0, 0.05) is 36.7 Å². The Labute approximate surface area is 176 Å². The Morgan fingerprint density at radius 2 is 2.10 bits per heavy atom. The van der Waals surface area contributed by atoms with Crippen LogP contribution in [-0.4, -0.2) is 38.6 Å². The van der Waals surface area contributed by atoms with Crippen molar-refractivity contribution in [2.24, 2.45) is 23.7 Å². The second-order valence-corrected chi connectivity index (χ2v) is 10.3. The molecule has 2 heterocycles. The Kier molecular flexibility index (Phi) is 4.54. The summed E-state index contributed by atoms with van der Waals surface area (Å²) in [5, 5.41) is 20.9. The van der Waals surface area contributed by atoms with Gasteiger partial charge in [-0.05, 0) is 56.3 Å². The zero-order valence-electron chi connectivity index (χ0n) is 17.0. The average Bonchev–Trinajstić information content (AvgIpc) is 3.33. The lowest BCUT2D eigenvalue weighted by Crippen LogP contribution is -2.71.